The summed E-state index contributed by atoms with van der Waals surface area (Å²) >= 11 is 0. The highest BCUT2D eigenvalue weighted by Gasteiger charge is 2.50. The Morgan fingerprint density at radius 1 is 0.815 bits per heavy atom. The molecule has 0 unspecified atom stereocenters. The molecule has 1 aliphatic rings. The molecule has 14 nitrogen and oxygen atoms in total. The summed E-state index contributed by atoms with van der Waals surface area (Å²) in [6.07, 6.45) is 0.106. The summed E-state index contributed by atoms with van der Waals surface area (Å²) in [5.74, 6) is -4.26. The van der Waals surface area contributed by atoms with Crippen molar-refractivity contribution in [3.63, 3.8) is 0 Å². The first-order chi connectivity index (χ1) is 25.4. The van der Waals surface area contributed by atoms with E-state index < -0.39 is 70.5 Å². The zero-order chi connectivity index (χ0) is 39.9. The molecule has 2 heterocycles. The molecule has 2 aromatic carbocycles. The average Bonchev–Trinajstić information content (AvgIpc) is 3.08. The fourth-order valence-electron chi connectivity index (χ4n) is 6.61. The predicted molar refractivity (Wildman–Crippen MR) is 202 cm³/mol. The molecule has 1 fully saturated rings. The molecule has 290 valence electrons. The fourth-order valence-corrected chi connectivity index (χ4v) is 6.61. The van der Waals surface area contributed by atoms with Gasteiger partial charge in [-0.15, -0.1) is 0 Å². The second-order valence-electron chi connectivity index (χ2n) is 15.2. The number of carbonyl (C=O) groups excluding carboxylic acids is 6. The van der Waals surface area contributed by atoms with E-state index in [-0.39, 0.29) is 55.3 Å². The van der Waals surface area contributed by atoms with Gasteiger partial charge in [0.05, 0.1) is 0 Å². The number of anilines is 1. The van der Waals surface area contributed by atoms with Gasteiger partial charge in [0.15, 0.2) is 11.3 Å². The molecule has 0 spiro atoms. The lowest BCUT2D eigenvalue weighted by atomic mass is 9.79. The molecular formula is C40H51N5O9. The Morgan fingerprint density at radius 3 is 2.13 bits per heavy atom. The molecule has 14 heteroatoms. The van der Waals surface area contributed by atoms with Gasteiger partial charge in [-0.2, -0.15) is 0 Å². The number of hydrogen-bond donors (Lipinski definition) is 6. The van der Waals surface area contributed by atoms with Gasteiger partial charge in [0, 0.05) is 42.5 Å². The van der Waals surface area contributed by atoms with Crippen molar-refractivity contribution >= 4 is 52.0 Å². The first-order valence-electron chi connectivity index (χ1n) is 18.3. The van der Waals surface area contributed by atoms with Crippen LogP contribution in [0.5, 0.6) is 5.75 Å². The number of hydrogen-bond acceptors (Lipinski definition) is 9. The number of carbonyl (C=O) groups is 6. The number of benzene rings is 2. The van der Waals surface area contributed by atoms with E-state index in [0.29, 0.717) is 22.2 Å². The molecule has 0 saturated carbocycles. The quantitative estimate of drug-likeness (QED) is 0.0993. The summed E-state index contributed by atoms with van der Waals surface area (Å²) in [6.45, 7) is 12.6. The van der Waals surface area contributed by atoms with Crippen LogP contribution in [0.4, 0.5) is 5.69 Å². The normalized spacial score (nSPS) is 17.5. The van der Waals surface area contributed by atoms with Gasteiger partial charge < -0.3 is 36.1 Å². The van der Waals surface area contributed by atoms with Crippen molar-refractivity contribution in [2.75, 3.05) is 5.32 Å². The van der Waals surface area contributed by atoms with Gasteiger partial charge in [0.1, 0.15) is 29.5 Å². The molecule has 4 atom stereocenters. The number of fused-ring (bicyclic) bond motifs is 1. The summed E-state index contributed by atoms with van der Waals surface area (Å²) in [5.41, 5.74) is -0.446. The molecule has 1 aliphatic heterocycles. The number of nitrogens with one attached hydrogen (secondary N) is 5. The summed E-state index contributed by atoms with van der Waals surface area (Å²) in [6, 6.07) is 8.89. The molecule has 1 saturated heterocycles. The molecule has 54 heavy (non-hydrogen) atoms. The van der Waals surface area contributed by atoms with Crippen molar-refractivity contribution in [3.05, 3.63) is 70.1 Å². The Labute approximate surface area is 314 Å². The van der Waals surface area contributed by atoms with E-state index >= 15 is 0 Å². The highest BCUT2D eigenvalue weighted by Crippen LogP contribution is 2.26. The van der Waals surface area contributed by atoms with Crippen LogP contribution in [0.15, 0.2) is 57.7 Å². The third kappa shape index (κ3) is 10.3. The van der Waals surface area contributed by atoms with Crippen LogP contribution in [0, 0.1) is 24.7 Å². The number of phenolic OH excluding ortho intramolecular Hbond substituents is 1. The number of ketones is 1. The minimum absolute atomic E-state index is 0.0160. The number of amides is 5. The Morgan fingerprint density at radius 2 is 1.50 bits per heavy atom. The van der Waals surface area contributed by atoms with Gasteiger partial charge in [-0.1, -0.05) is 53.7 Å². The minimum Gasteiger partial charge on any atom is -0.508 e. The lowest BCUT2D eigenvalue weighted by molar-refractivity contribution is -0.148. The van der Waals surface area contributed by atoms with Gasteiger partial charge >= 0.3 is 5.63 Å². The van der Waals surface area contributed by atoms with E-state index in [9.17, 15) is 38.7 Å². The molecule has 1 aromatic heterocycles. The number of Topliss-reactive ketones (excluding diaryl/α,β-unsaturated/α-hetero) is 1. The molecular weight excluding hydrogens is 694 g/mol. The first kappa shape index (κ1) is 41.2. The Balaban J connectivity index is 1.57. The molecule has 4 rings (SSSR count). The van der Waals surface area contributed by atoms with Crippen molar-refractivity contribution in [1.82, 2.24) is 21.3 Å². The van der Waals surface area contributed by atoms with Crippen LogP contribution >= 0.6 is 0 Å². The third-order valence-electron chi connectivity index (χ3n) is 9.31. The molecule has 5 amide bonds. The maximum absolute atomic E-state index is 14.0. The molecule has 0 radical (unpaired) electrons. The van der Waals surface area contributed by atoms with Gasteiger partial charge in [-0.25, -0.2) is 4.79 Å². The fraction of sp³-hybridized carbons (Fsp3) is 0.475. The van der Waals surface area contributed by atoms with Gasteiger partial charge in [0.2, 0.25) is 23.6 Å². The van der Waals surface area contributed by atoms with Crippen molar-refractivity contribution in [2.24, 2.45) is 17.8 Å². The Hall–Kier alpha value is -5.53. The van der Waals surface area contributed by atoms with Crippen LogP contribution in [0.25, 0.3) is 11.0 Å². The second-order valence-corrected chi connectivity index (χ2v) is 15.2. The van der Waals surface area contributed by atoms with E-state index in [1.165, 1.54) is 24.3 Å². The smallest absolute Gasteiger partial charge is 0.336 e. The summed E-state index contributed by atoms with van der Waals surface area (Å²) in [7, 11) is 0. The van der Waals surface area contributed by atoms with Crippen LogP contribution in [0.1, 0.15) is 78.4 Å². The van der Waals surface area contributed by atoms with E-state index in [4.69, 9.17) is 4.42 Å². The Kier molecular flexibility index (Phi) is 13.4. The number of aromatic hydroxyl groups is 1. The van der Waals surface area contributed by atoms with Crippen molar-refractivity contribution in [3.8, 4) is 5.75 Å². The number of phenols is 1. The van der Waals surface area contributed by atoms with Crippen LogP contribution in [0.2, 0.25) is 0 Å². The van der Waals surface area contributed by atoms with Gasteiger partial charge in [-0.05, 0) is 72.9 Å². The lowest BCUT2D eigenvalue weighted by Gasteiger charge is -2.37. The zero-order valence-corrected chi connectivity index (χ0v) is 31.8. The summed E-state index contributed by atoms with van der Waals surface area (Å²) < 4.78 is 5.32. The molecule has 0 aliphatic carbocycles. The average molecular weight is 746 g/mol. The lowest BCUT2D eigenvalue weighted by Crippen LogP contribution is -2.68. The minimum atomic E-state index is -1.82. The van der Waals surface area contributed by atoms with E-state index in [0.717, 1.165) is 0 Å². The highest BCUT2D eigenvalue weighted by atomic mass is 16.4. The number of aryl methyl sites for hydroxylation is 1. The highest BCUT2D eigenvalue weighted by molar-refractivity contribution is 6.16. The summed E-state index contributed by atoms with van der Waals surface area (Å²) in [5, 5.41) is 24.1. The van der Waals surface area contributed by atoms with Crippen LogP contribution in [0.3, 0.4) is 0 Å². The van der Waals surface area contributed by atoms with Crippen LogP contribution < -0.4 is 32.2 Å². The molecule has 6 N–H and O–H groups in total. The topological polar surface area (TPSA) is 213 Å². The molecule has 3 aromatic rings. The Bertz CT molecular complexity index is 1950. The maximum atomic E-state index is 14.0. The predicted octanol–water partition coefficient (Wildman–Crippen LogP) is 3.41. The SMILES string of the molecule is Cc1cc(=O)oc2cc(NC(=O)[C@H](Cc3ccc(O)cc3)NC(=O)[C@@H](NC(=O)[C@H](CC(C)C)NC(=O)[C@]3(CC(C)C)NC(=O)CCC3=O)C(C)C)ccc12. The van der Waals surface area contributed by atoms with E-state index in [1.807, 2.05) is 27.7 Å². The largest absolute Gasteiger partial charge is 0.508 e. The van der Waals surface area contributed by atoms with Crippen LogP contribution in [-0.4, -0.2) is 64.1 Å². The summed E-state index contributed by atoms with van der Waals surface area (Å²) in [4.78, 5) is 93.1. The number of piperidine rings is 1. The van der Waals surface area contributed by atoms with E-state index in [2.05, 4.69) is 26.6 Å². The van der Waals surface area contributed by atoms with Crippen molar-refractivity contribution in [2.45, 2.75) is 104 Å². The third-order valence-corrected chi connectivity index (χ3v) is 9.31. The standard InChI is InChI=1S/C40H51N5O9/c1-21(2)16-29(43-39(53)40(20-22(3)4)32(47)14-15-33(48)45-40)37(51)44-35(23(5)6)38(52)42-30(18-25-8-11-27(46)12-9-25)36(50)41-26-10-13-28-24(7)17-34(49)54-31(28)19-26/h8-13,17,19,21-23,29-30,35,46H,14-16,18,20H2,1-7H3,(H,41,50)(H,42,52)(H,43,53)(H,44,51)(H,45,48)/t29-,30-,35-,40+/m0/s1. The van der Waals surface area contributed by atoms with Crippen molar-refractivity contribution < 1.29 is 38.3 Å². The van der Waals surface area contributed by atoms with E-state index in [1.54, 1.807) is 45.0 Å². The van der Waals surface area contributed by atoms with Crippen molar-refractivity contribution in [1.29, 1.82) is 0 Å². The first-order valence-corrected chi connectivity index (χ1v) is 18.3. The molecule has 0 bridgehead atoms. The maximum Gasteiger partial charge on any atom is 0.336 e. The monoisotopic (exact) mass is 745 g/mol. The number of rotatable bonds is 15. The van der Waals surface area contributed by atoms with Gasteiger partial charge in [0.25, 0.3) is 5.91 Å². The van der Waals surface area contributed by atoms with Crippen LogP contribution in [-0.2, 0) is 35.2 Å². The second kappa shape index (κ2) is 17.5. The zero-order valence-electron chi connectivity index (χ0n) is 31.8. The van der Waals surface area contributed by atoms with Gasteiger partial charge in [-0.3, -0.25) is 28.8 Å².